The summed E-state index contributed by atoms with van der Waals surface area (Å²) < 4.78 is 5.68. The molecule has 1 aliphatic heterocycles. The number of aromatic nitrogens is 1. The number of hydrogen-bond donors (Lipinski definition) is 1. The van der Waals surface area contributed by atoms with Gasteiger partial charge in [-0.2, -0.15) is 0 Å². The molecule has 3 nitrogen and oxygen atoms in total. The summed E-state index contributed by atoms with van der Waals surface area (Å²) in [6.45, 7) is 5.27. The van der Waals surface area contributed by atoms with Crippen LogP contribution in [0.15, 0.2) is 24.5 Å². The van der Waals surface area contributed by atoms with Crippen LogP contribution in [0.1, 0.15) is 25.3 Å². The summed E-state index contributed by atoms with van der Waals surface area (Å²) in [5.41, 5.74) is 1.35. The molecule has 1 aromatic rings. The normalized spacial score (nSPS) is 24.1. The molecule has 0 saturated carbocycles. The van der Waals surface area contributed by atoms with Gasteiger partial charge in [-0.1, -0.05) is 6.92 Å². The van der Waals surface area contributed by atoms with Crippen molar-refractivity contribution in [3.05, 3.63) is 30.1 Å². The van der Waals surface area contributed by atoms with E-state index in [0.717, 1.165) is 32.5 Å². The highest BCUT2D eigenvalue weighted by Gasteiger charge is 2.25. The lowest BCUT2D eigenvalue weighted by molar-refractivity contribution is 0.0873. The van der Waals surface area contributed by atoms with Crippen LogP contribution in [0, 0.1) is 5.92 Å². The highest BCUT2D eigenvalue weighted by molar-refractivity contribution is 5.09. The highest BCUT2D eigenvalue weighted by atomic mass is 16.5. The van der Waals surface area contributed by atoms with Gasteiger partial charge in [0.2, 0.25) is 0 Å². The van der Waals surface area contributed by atoms with E-state index < -0.39 is 0 Å². The van der Waals surface area contributed by atoms with E-state index >= 15 is 0 Å². The molecule has 2 rings (SSSR count). The smallest absolute Gasteiger partial charge is 0.0613 e. The molecule has 1 fully saturated rings. The lowest BCUT2D eigenvalue weighted by Crippen LogP contribution is -2.29. The molecule has 0 bridgehead atoms. The lowest BCUT2D eigenvalue weighted by atomic mass is 9.99. The third-order valence-corrected chi connectivity index (χ3v) is 3.50. The number of ether oxygens (including phenoxy) is 1. The van der Waals surface area contributed by atoms with E-state index in [4.69, 9.17) is 4.74 Å². The Morgan fingerprint density at radius 3 is 3.00 bits per heavy atom. The van der Waals surface area contributed by atoms with E-state index in [1.807, 2.05) is 12.4 Å². The first-order chi connectivity index (χ1) is 8.40. The Labute approximate surface area is 104 Å². The molecule has 2 unspecified atom stereocenters. The van der Waals surface area contributed by atoms with Crippen LogP contribution in [0.4, 0.5) is 0 Å². The number of nitrogens with zero attached hydrogens (tertiary/aromatic N) is 1. The summed E-state index contributed by atoms with van der Waals surface area (Å²) in [7, 11) is 0. The van der Waals surface area contributed by atoms with Gasteiger partial charge in [0.05, 0.1) is 6.10 Å². The van der Waals surface area contributed by atoms with Crippen molar-refractivity contribution in [3.8, 4) is 0 Å². The van der Waals surface area contributed by atoms with Gasteiger partial charge in [0.1, 0.15) is 0 Å². The summed E-state index contributed by atoms with van der Waals surface area (Å²) in [4.78, 5) is 4.02. The van der Waals surface area contributed by atoms with Gasteiger partial charge in [-0.05, 0) is 49.4 Å². The molecule has 1 saturated heterocycles. The third-order valence-electron chi connectivity index (χ3n) is 3.50. The van der Waals surface area contributed by atoms with E-state index in [-0.39, 0.29) is 0 Å². The Bertz CT molecular complexity index is 315. The Morgan fingerprint density at radius 2 is 2.24 bits per heavy atom. The first-order valence-corrected chi connectivity index (χ1v) is 6.61. The fourth-order valence-corrected chi connectivity index (χ4v) is 2.45. The van der Waals surface area contributed by atoms with E-state index in [1.165, 1.54) is 12.0 Å². The van der Waals surface area contributed by atoms with Gasteiger partial charge in [0, 0.05) is 25.5 Å². The third kappa shape index (κ3) is 3.79. The van der Waals surface area contributed by atoms with E-state index in [1.54, 1.807) is 0 Å². The average molecular weight is 234 g/mol. The van der Waals surface area contributed by atoms with Crippen LogP contribution in [0.3, 0.4) is 0 Å². The molecule has 1 N–H and O–H groups in total. The number of hydrogen-bond acceptors (Lipinski definition) is 3. The van der Waals surface area contributed by atoms with Crippen LogP contribution in [-0.4, -0.2) is 30.8 Å². The van der Waals surface area contributed by atoms with Crippen molar-refractivity contribution in [3.63, 3.8) is 0 Å². The van der Waals surface area contributed by atoms with Gasteiger partial charge in [-0.25, -0.2) is 0 Å². The average Bonchev–Trinajstić information content (AvgIpc) is 2.83. The standard InChI is InChI=1S/C14H22N2O/c1-2-14-13(6-10-17-14)11-16-9-5-12-3-7-15-8-4-12/h3-4,7-8,13-14,16H,2,5-6,9-11H2,1H3. The van der Waals surface area contributed by atoms with Gasteiger partial charge in [-0.15, -0.1) is 0 Å². The van der Waals surface area contributed by atoms with E-state index in [0.29, 0.717) is 12.0 Å². The minimum Gasteiger partial charge on any atom is -0.378 e. The maximum atomic E-state index is 5.68. The molecule has 17 heavy (non-hydrogen) atoms. The van der Waals surface area contributed by atoms with Gasteiger partial charge in [0.25, 0.3) is 0 Å². The molecular weight excluding hydrogens is 212 g/mol. The van der Waals surface area contributed by atoms with Crippen molar-refractivity contribution in [2.75, 3.05) is 19.7 Å². The van der Waals surface area contributed by atoms with Crippen LogP contribution in [-0.2, 0) is 11.2 Å². The Balaban J connectivity index is 1.63. The zero-order chi connectivity index (χ0) is 11.9. The largest absolute Gasteiger partial charge is 0.378 e. The van der Waals surface area contributed by atoms with E-state index in [9.17, 15) is 0 Å². The van der Waals surface area contributed by atoms with Crippen LogP contribution in [0.25, 0.3) is 0 Å². The zero-order valence-electron chi connectivity index (χ0n) is 10.6. The molecule has 0 spiro atoms. The molecular formula is C14H22N2O. The monoisotopic (exact) mass is 234 g/mol. The second kappa shape index (κ2) is 6.72. The molecule has 3 heteroatoms. The fraction of sp³-hybridized carbons (Fsp3) is 0.643. The van der Waals surface area contributed by atoms with Crippen molar-refractivity contribution in [1.82, 2.24) is 10.3 Å². The summed E-state index contributed by atoms with van der Waals surface area (Å²) >= 11 is 0. The second-order valence-electron chi connectivity index (χ2n) is 4.68. The summed E-state index contributed by atoms with van der Waals surface area (Å²) in [6, 6.07) is 4.16. The summed E-state index contributed by atoms with van der Waals surface area (Å²) in [6.07, 6.45) is 7.61. The SMILES string of the molecule is CCC1OCCC1CNCCc1ccncc1. The summed E-state index contributed by atoms with van der Waals surface area (Å²) in [5.74, 6) is 0.706. The number of rotatable bonds is 6. The molecule has 0 radical (unpaired) electrons. The van der Waals surface area contributed by atoms with Crippen molar-refractivity contribution in [1.29, 1.82) is 0 Å². The number of pyridine rings is 1. The quantitative estimate of drug-likeness (QED) is 0.765. The maximum absolute atomic E-state index is 5.68. The predicted molar refractivity (Wildman–Crippen MR) is 68.9 cm³/mol. The van der Waals surface area contributed by atoms with E-state index in [2.05, 4.69) is 29.4 Å². The van der Waals surface area contributed by atoms with Gasteiger partial charge in [0.15, 0.2) is 0 Å². The van der Waals surface area contributed by atoms with Crippen LogP contribution in [0.5, 0.6) is 0 Å². The Morgan fingerprint density at radius 1 is 1.41 bits per heavy atom. The molecule has 1 aliphatic rings. The predicted octanol–water partition coefficient (Wildman–Crippen LogP) is 2.03. The summed E-state index contributed by atoms with van der Waals surface area (Å²) in [5, 5.41) is 3.54. The second-order valence-corrected chi connectivity index (χ2v) is 4.68. The lowest BCUT2D eigenvalue weighted by Gasteiger charge is -2.17. The number of nitrogens with one attached hydrogen (secondary N) is 1. The first kappa shape index (κ1) is 12.5. The molecule has 0 aromatic carbocycles. The van der Waals surface area contributed by atoms with Crippen LogP contribution < -0.4 is 5.32 Å². The highest BCUT2D eigenvalue weighted by Crippen LogP contribution is 2.22. The zero-order valence-corrected chi connectivity index (χ0v) is 10.6. The first-order valence-electron chi connectivity index (χ1n) is 6.61. The minimum atomic E-state index is 0.475. The van der Waals surface area contributed by atoms with Crippen molar-refractivity contribution in [2.24, 2.45) is 5.92 Å². The molecule has 0 amide bonds. The van der Waals surface area contributed by atoms with Crippen LogP contribution >= 0.6 is 0 Å². The molecule has 1 aromatic heterocycles. The Kier molecular flexibility index (Phi) is 4.95. The topological polar surface area (TPSA) is 34.1 Å². The molecule has 2 heterocycles. The minimum absolute atomic E-state index is 0.475. The van der Waals surface area contributed by atoms with Crippen molar-refractivity contribution < 1.29 is 4.74 Å². The maximum Gasteiger partial charge on any atom is 0.0613 e. The van der Waals surface area contributed by atoms with Gasteiger partial charge < -0.3 is 10.1 Å². The molecule has 2 atom stereocenters. The van der Waals surface area contributed by atoms with Crippen molar-refractivity contribution >= 4 is 0 Å². The molecule has 94 valence electrons. The Hall–Kier alpha value is -0.930. The van der Waals surface area contributed by atoms with Gasteiger partial charge in [-0.3, -0.25) is 4.98 Å². The van der Waals surface area contributed by atoms with Crippen LogP contribution in [0.2, 0.25) is 0 Å². The fourth-order valence-electron chi connectivity index (χ4n) is 2.45. The van der Waals surface area contributed by atoms with Gasteiger partial charge >= 0.3 is 0 Å². The van der Waals surface area contributed by atoms with Crippen molar-refractivity contribution in [2.45, 2.75) is 32.3 Å². The molecule has 0 aliphatic carbocycles.